The number of rotatable bonds is 4. The first kappa shape index (κ1) is 21.1. The molecule has 7 nitrogen and oxygen atoms in total. The zero-order valence-electron chi connectivity index (χ0n) is 13.7. The van der Waals surface area contributed by atoms with Gasteiger partial charge in [-0.1, -0.05) is 17.3 Å². The summed E-state index contributed by atoms with van der Waals surface area (Å²) in [6, 6.07) is 4.74. The maximum absolute atomic E-state index is 13.9. The largest absolute Gasteiger partial charge is 0.435 e. The summed E-state index contributed by atoms with van der Waals surface area (Å²) in [5.41, 5.74) is -2.90. The number of benzene rings is 1. The molecule has 3 N–H and O–H groups in total. The number of amides is 1. The zero-order valence-corrected chi connectivity index (χ0v) is 14.5. The molecule has 2 heterocycles. The lowest BCUT2D eigenvalue weighted by atomic mass is 10.1. The van der Waals surface area contributed by atoms with Gasteiger partial charge in [-0.25, -0.2) is 9.07 Å². The van der Waals surface area contributed by atoms with Crippen LogP contribution in [0.2, 0.25) is 0 Å². The molecule has 1 aromatic heterocycles. The molecular formula is C15H16ClF4N5O2. The second-order valence-corrected chi connectivity index (χ2v) is 5.84. The first-order chi connectivity index (χ1) is 12.3. The fourth-order valence-corrected chi connectivity index (χ4v) is 2.72. The summed E-state index contributed by atoms with van der Waals surface area (Å²) in [7, 11) is 0. The number of aliphatic hydroxyl groups is 1. The SMILES string of the molecule is Cl.O=C(NCC1CNCC1O)c1nnn(-c2ccccc2F)c1C(F)(F)F. The quantitative estimate of drug-likeness (QED) is 0.659. The molecule has 0 saturated carbocycles. The van der Waals surface area contributed by atoms with Crippen molar-refractivity contribution >= 4 is 18.3 Å². The van der Waals surface area contributed by atoms with E-state index < -0.39 is 41.1 Å². The van der Waals surface area contributed by atoms with E-state index in [0.29, 0.717) is 13.1 Å². The summed E-state index contributed by atoms with van der Waals surface area (Å²) in [4.78, 5) is 12.2. The number of halogens is 5. The van der Waals surface area contributed by atoms with Gasteiger partial charge in [0.15, 0.2) is 11.4 Å². The van der Waals surface area contributed by atoms with Crippen molar-refractivity contribution in [2.24, 2.45) is 5.92 Å². The first-order valence-electron chi connectivity index (χ1n) is 7.74. The van der Waals surface area contributed by atoms with Crippen molar-refractivity contribution in [1.29, 1.82) is 0 Å². The third kappa shape index (κ3) is 4.37. The van der Waals surface area contributed by atoms with E-state index in [0.717, 1.165) is 12.1 Å². The fourth-order valence-electron chi connectivity index (χ4n) is 2.72. The Morgan fingerprint density at radius 3 is 2.63 bits per heavy atom. The molecule has 27 heavy (non-hydrogen) atoms. The number of nitrogens with one attached hydrogen (secondary N) is 2. The highest BCUT2D eigenvalue weighted by molar-refractivity contribution is 5.93. The lowest BCUT2D eigenvalue weighted by Gasteiger charge is -2.14. The minimum atomic E-state index is -4.98. The molecule has 1 amide bonds. The number of aromatic nitrogens is 3. The molecule has 1 aromatic carbocycles. The fraction of sp³-hybridized carbons (Fsp3) is 0.400. The average Bonchev–Trinajstić information content (AvgIpc) is 3.19. The Morgan fingerprint density at radius 2 is 2.04 bits per heavy atom. The van der Waals surface area contributed by atoms with Crippen LogP contribution in [-0.2, 0) is 6.18 Å². The van der Waals surface area contributed by atoms with Crippen molar-refractivity contribution in [3.8, 4) is 5.69 Å². The van der Waals surface area contributed by atoms with Crippen LogP contribution in [0.15, 0.2) is 24.3 Å². The third-order valence-corrected chi connectivity index (χ3v) is 4.06. The third-order valence-electron chi connectivity index (χ3n) is 4.06. The Balaban J connectivity index is 0.00000261. The van der Waals surface area contributed by atoms with E-state index in [-0.39, 0.29) is 29.6 Å². The number of hydrogen-bond donors (Lipinski definition) is 3. The molecule has 1 aliphatic rings. The summed E-state index contributed by atoms with van der Waals surface area (Å²) in [6.07, 6.45) is -5.68. The highest BCUT2D eigenvalue weighted by Crippen LogP contribution is 2.33. The van der Waals surface area contributed by atoms with Gasteiger partial charge in [0.05, 0.1) is 6.10 Å². The molecule has 2 atom stereocenters. The molecule has 0 radical (unpaired) electrons. The van der Waals surface area contributed by atoms with Crippen LogP contribution in [0.25, 0.3) is 5.69 Å². The lowest BCUT2D eigenvalue weighted by Crippen LogP contribution is -2.35. The van der Waals surface area contributed by atoms with Crippen LogP contribution in [-0.4, -0.2) is 51.7 Å². The number of hydrogen-bond acceptors (Lipinski definition) is 5. The molecule has 0 bridgehead atoms. The minimum absolute atomic E-state index is 0. The molecule has 1 aliphatic heterocycles. The van der Waals surface area contributed by atoms with Crippen LogP contribution in [0.1, 0.15) is 16.2 Å². The summed E-state index contributed by atoms with van der Waals surface area (Å²) < 4.78 is 54.5. The van der Waals surface area contributed by atoms with E-state index in [2.05, 4.69) is 20.9 Å². The van der Waals surface area contributed by atoms with Gasteiger partial charge in [-0.3, -0.25) is 4.79 Å². The van der Waals surface area contributed by atoms with Gasteiger partial charge in [0.25, 0.3) is 5.91 Å². The van der Waals surface area contributed by atoms with Crippen molar-refractivity contribution < 1.29 is 27.5 Å². The van der Waals surface area contributed by atoms with Crippen molar-refractivity contribution in [2.75, 3.05) is 19.6 Å². The molecular weight excluding hydrogens is 394 g/mol. The van der Waals surface area contributed by atoms with Crippen LogP contribution in [0.5, 0.6) is 0 Å². The molecule has 1 saturated heterocycles. The maximum Gasteiger partial charge on any atom is 0.435 e. The van der Waals surface area contributed by atoms with Crippen LogP contribution in [0.4, 0.5) is 17.6 Å². The van der Waals surface area contributed by atoms with Crippen LogP contribution >= 0.6 is 12.4 Å². The summed E-state index contributed by atoms with van der Waals surface area (Å²) in [5, 5.41) is 21.5. The molecule has 148 valence electrons. The Labute approximate surface area is 157 Å². The number of para-hydroxylation sites is 1. The monoisotopic (exact) mass is 409 g/mol. The number of carbonyl (C=O) groups excluding carboxylic acids is 1. The lowest BCUT2D eigenvalue weighted by molar-refractivity contribution is -0.143. The molecule has 12 heteroatoms. The Hall–Kier alpha value is -2.24. The summed E-state index contributed by atoms with van der Waals surface area (Å²) in [5.74, 6) is -2.36. The van der Waals surface area contributed by atoms with E-state index in [1.807, 2.05) is 0 Å². The maximum atomic E-state index is 13.9. The number of nitrogens with zero attached hydrogens (tertiary/aromatic N) is 3. The number of β-amino-alcohol motifs (C(OH)–C–C–N with tert-alkyl or cyclic N) is 1. The van der Waals surface area contributed by atoms with Crippen molar-refractivity contribution in [2.45, 2.75) is 12.3 Å². The molecule has 2 aromatic rings. The van der Waals surface area contributed by atoms with Gasteiger partial charge in [0.1, 0.15) is 11.5 Å². The van der Waals surface area contributed by atoms with Crippen LogP contribution in [0, 0.1) is 11.7 Å². The molecule has 0 aliphatic carbocycles. The van der Waals surface area contributed by atoms with Crippen molar-refractivity contribution in [3.63, 3.8) is 0 Å². The van der Waals surface area contributed by atoms with Crippen molar-refractivity contribution in [3.05, 3.63) is 41.5 Å². The van der Waals surface area contributed by atoms with Gasteiger partial charge >= 0.3 is 6.18 Å². The van der Waals surface area contributed by atoms with E-state index in [1.54, 1.807) is 0 Å². The highest BCUT2D eigenvalue weighted by atomic mass is 35.5. The number of aliphatic hydroxyl groups excluding tert-OH is 1. The Kier molecular flexibility index (Phi) is 6.39. The van der Waals surface area contributed by atoms with Gasteiger partial charge in [-0.2, -0.15) is 13.2 Å². The molecule has 1 fully saturated rings. The van der Waals surface area contributed by atoms with Crippen molar-refractivity contribution in [1.82, 2.24) is 25.6 Å². The zero-order chi connectivity index (χ0) is 18.9. The number of carbonyl (C=O) groups is 1. The second kappa shape index (κ2) is 8.19. The second-order valence-electron chi connectivity index (χ2n) is 5.84. The van der Waals surface area contributed by atoms with E-state index in [9.17, 15) is 27.5 Å². The summed E-state index contributed by atoms with van der Waals surface area (Å²) in [6.45, 7) is 0.740. The van der Waals surface area contributed by atoms with Crippen LogP contribution < -0.4 is 10.6 Å². The topological polar surface area (TPSA) is 92.1 Å². The number of alkyl halides is 3. The Morgan fingerprint density at radius 1 is 1.33 bits per heavy atom. The van der Waals surface area contributed by atoms with Gasteiger partial charge in [-0.15, -0.1) is 17.5 Å². The van der Waals surface area contributed by atoms with E-state index >= 15 is 0 Å². The summed E-state index contributed by atoms with van der Waals surface area (Å²) >= 11 is 0. The molecule has 3 rings (SSSR count). The predicted molar refractivity (Wildman–Crippen MR) is 88.3 cm³/mol. The Bertz CT molecular complexity index is 814. The average molecular weight is 410 g/mol. The minimum Gasteiger partial charge on any atom is -0.391 e. The molecule has 2 unspecified atom stereocenters. The van der Waals surface area contributed by atoms with Gasteiger partial charge < -0.3 is 15.7 Å². The van der Waals surface area contributed by atoms with E-state index in [1.165, 1.54) is 12.1 Å². The van der Waals surface area contributed by atoms with E-state index in [4.69, 9.17) is 0 Å². The van der Waals surface area contributed by atoms with Gasteiger partial charge in [0.2, 0.25) is 0 Å². The van der Waals surface area contributed by atoms with Gasteiger partial charge in [-0.05, 0) is 12.1 Å². The van der Waals surface area contributed by atoms with Crippen LogP contribution in [0.3, 0.4) is 0 Å². The standard InChI is InChI=1S/C15H15F4N5O2.ClH/c16-9-3-1-2-4-10(9)24-13(15(17,18)19)12(22-23-24)14(26)21-6-8-5-20-7-11(8)25;/h1-4,8,11,20,25H,5-7H2,(H,21,26);1H. The molecule has 0 spiro atoms. The van der Waals surface area contributed by atoms with Gasteiger partial charge in [0, 0.05) is 25.6 Å². The highest BCUT2D eigenvalue weighted by Gasteiger charge is 2.42. The predicted octanol–water partition coefficient (Wildman–Crippen LogP) is 1.16. The smallest absolute Gasteiger partial charge is 0.391 e. The normalized spacial score (nSPS) is 19.6. The first-order valence-corrected chi connectivity index (χ1v) is 7.74.